The highest BCUT2D eigenvalue weighted by atomic mass is 32.2. The molecule has 0 aliphatic carbocycles. The maximum atomic E-state index is 12.9. The van der Waals surface area contributed by atoms with Crippen molar-refractivity contribution in [3.05, 3.63) is 29.8 Å². The fourth-order valence-corrected chi connectivity index (χ4v) is 5.87. The molecule has 1 amide bonds. The van der Waals surface area contributed by atoms with Gasteiger partial charge in [0.2, 0.25) is 10.0 Å². The summed E-state index contributed by atoms with van der Waals surface area (Å²) >= 11 is 0. The second kappa shape index (κ2) is 8.83. The van der Waals surface area contributed by atoms with E-state index in [4.69, 9.17) is 4.74 Å². The predicted molar refractivity (Wildman–Crippen MR) is 109 cm³/mol. The predicted octanol–water partition coefficient (Wildman–Crippen LogP) is 2.52. The maximum Gasteiger partial charge on any atom is 0.338 e. The van der Waals surface area contributed by atoms with Gasteiger partial charge in [0.1, 0.15) is 0 Å². The molecule has 7 nitrogen and oxygen atoms in total. The summed E-state index contributed by atoms with van der Waals surface area (Å²) in [6.07, 6.45) is 2.10. The first-order valence-corrected chi connectivity index (χ1v) is 11.7. The summed E-state index contributed by atoms with van der Waals surface area (Å²) in [7, 11) is -3.60. The van der Waals surface area contributed by atoms with Gasteiger partial charge in [-0.25, -0.2) is 13.2 Å². The molecule has 0 N–H and O–H groups in total. The summed E-state index contributed by atoms with van der Waals surface area (Å²) in [6.45, 7) is 8.08. The Labute approximate surface area is 173 Å². The molecule has 2 fully saturated rings. The molecule has 2 aliphatic heterocycles. The zero-order chi connectivity index (χ0) is 21.2. The molecule has 0 radical (unpaired) electrons. The van der Waals surface area contributed by atoms with Crippen LogP contribution in [0.5, 0.6) is 0 Å². The molecule has 0 saturated carbocycles. The number of hydrogen-bond donors (Lipinski definition) is 0. The van der Waals surface area contributed by atoms with Crippen LogP contribution in [0.1, 0.15) is 50.4 Å². The Morgan fingerprint density at radius 3 is 2.14 bits per heavy atom. The molecule has 0 unspecified atom stereocenters. The highest BCUT2D eigenvalue weighted by molar-refractivity contribution is 7.89. The van der Waals surface area contributed by atoms with Crippen molar-refractivity contribution >= 4 is 21.9 Å². The van der Waals surface area contributed by atoms with Gasteiger partial charge in [0.15, 0.2) is 6.10 Å². The van der Waals surface area contributed by atoms with Gasteiger partial charge in [-0.1, -0.05) is 13.8 Å². The topological polar surface area (TPSA) is 84.0 Å². The van der Waals surface area contributed by atoms with Crippen molar-refractivity contribution in [2.45, 2.75) is 51.0 Å². The van der Waals surface area contributed by atoms with Crippen LogP contribution in [-0.2, 0) is 19.6 Å². The Bertz CT molecular complexity index is 836. The van der Waals surface area contributed by atoms with Gasteiger partial charge in [0, 0.05) is 26.2 Å². The monoisotopic (exact) mass is 422 g/mol. The van der Waals surface area contributed by atoms with Crippen molar-refractivity contribution in [2.75, 3.05) is 26.2 Å². The first-order valence-electron chi connectivity index (χ1n) is 10.3. The SMILES string of the molecule is C[C@@H]1C[C@H](C)CN(S(=O)(=O)c2ccc(C(=O)O[C@@H](C)C(=O)N3CCCC3)cc2)C1. The van der Waals surface area contributed by atoms with E-state index in [0.717, 1.165) is 19.3 Å². The summed E-state index contributed by atoms with van der Waals surface area (Å²) in [5.74, 6) is -0.188. The third-order valence-electron chi connectivity index (χ3n) is 5.61. The Morgan fingerprint density at radius 2 is 1.59 bits per heavy atom. The first kappa shape index (κ1) is 21.8. The van der Waals surface area contributed by atoms with Crippen molar-refractivity contribution in [1.29, 1.82) is 0 Å². The van der Waals surface area contributed by atoms with Crippen LogP contribution in [0.4, 0.5) is 0 Å². The molecule has 0 aromatic heterocycles. The van der Waals surface area contributed by atoms with Crippen LogP contribution < -0.4 is 0 Å². The number of hydrogen-bond acceptors (Lipinski definition) is 5. The van der Waals surface area contributed by atoms with Crippen LogP contribution in [0.3, 0.4) is 0 Å². The standard InChI is InChI=1S/C21H30N2O5S/c1-15-12-16(2)14-23(13-15)29(26,27)19-8-6-18(7-9-19)21(25)28-17(3)20(24)22-10-4-5-11-22/h6-9,15-17H,4-5,10-14H2,1-3H3/t15-,16+,17-/m0/s1. The lowest BCUT2D eigenvalue weighted by atomic mass is 9.94. The fraction of sp³-hybridized carbons (Fsp3) is 0.619. The first-order chi connectivity index (χ1) is 13.7. The molecular formula is C21H30N2O5S. The second-order valence-corrected chi connectivity index (χ2v) is 10.3. The van der Waals surface area contributed by atoms with Gasteiger partial charge in [-0.3, -0.25) is 4.79 Å². The molecule has 160 valence electrons. The molecule has 8 heteroatoms. The van der Waals surface area contributed by atoms with Crippen LogP contribution in [0.25, 0.3) is 0 Å². The third-order valence-corrected chi connectivity index (χ3v) is 7.46. The summed E-state index contributed by atoms with van der Waals surface area (Å²) in [5.41, 5.74) is 0.227. The van der Waals surface area contributed by atoms with Crippen molar-refractivity contribution in [2.24, 2.45) is 11.8 Å². The number of ether oxygens (including phenoxy) is 1. The molecule has 1 aromatic rings. The number of likely N-dealkylation sites (tertiary alicyclic amines) is 1. The van der Waals surface area contributed by atoms with Crippen LogP contribution in [0, 0.1) is 11.8 Å². The number of carbonyl (C=O) groups is 2. The van der Waals surface area contributed by atoms with E-state index in [0.29, 0.717) is 38.0 Å². The minimum atomic E-state index is -3.60. The van der Waals surface area contributed by atoms with Crippen LogP contribution in [0.2, 0.25) is 0 Å². The van der Waals surface area contributed by atoms with E-state index in [-0.39, 0.29) is 16.4 Å². The quantitative estimate of drug-likeness (QED) is 0.681. The average Bonchev–Trinajstić information content (AvgIpc) is 3.21. The van der Waals surface area contributed by atoms with Gasteiger partial charge in [-0.2, -0.15) is 4.31 Å². The number of benzene rings is 1. The summed E-state index contributed by atoms with van der Waals surface area (Å²) < 4.78 is 32.7. The molecule has 3 atom stereocenters. The van der Waals surface area contributed by atoms with Gasteiger partial charge in [0.05, 0.1) is 10.5 Å². The lowest BCUT2D eigenvalue weighted by molar-refractivity contribution is -0.138. The summed E-state index contributed by atoms with van der Waals surface area (Å²) in [6, 6.07) is 5.75. The minimum absolute atomic E-state index is 0.163. The smallest absolute Gasteiger partial charge is 0.338 e. The average molecular weight is 423 g/mol. The molecule has 2 heterocycles. The molecule has 2 saturated heterocycles. The number of esters is 1. The van der Waals surface area contributed by atoms with E-state index in [1.54, 1.807) is 11.8 Å². The van der Waals surface area contributed by atoms with E-state index in [2.05, 4.69) is 13.8 Å². The Hall–Kier alpha value is -1.93. The van der Waals surface area contributed by atoms with Gasteiger partial charge >= 0.3 is 5.97 Å². The second-order valence-electron chi connectivity index (χ2n) is 8.37. The van der Waals surface area contributed by atoms with Crippen LogP contribution in [0.15, 0.2) is 29.2 Å². The third kappa shape index (κ3) is 4.98. The van der Waals surface area contributed by atoms with E-state index < -0.39 is 22.1 Å². The van der Waals surface area contributed by atoms with Crippen LogP contribution in [-0.4, -0.2) is 61.8 Å². The van der Waals surface area contributed by atoms with Gasteiger partial charge in [-0.05, 0) is 62.3 Å². The summed E-state index contributed by atoms with van der Waals surface area (Å²) in [4.78, 5) is 26.5. The Morgan fingerprint density at radius 1 is 1.03 bits per heavy atom. The lowest BCUT2D eigenvalue weighted by Crippen LogP contribution is -2.42. The van der Waals surface area contributed by atoms with E-state index >= 15 is 0 Å². The summed E-state index contributed by atoms with van der Waals surface area (Å²) in [5, 5.41) is 0. The minimum Gasteiger partial charge on any atom is -0.449 e. The van der Waals surface area contributed by atoms with E-state index in [1.807, 2.05) is 0 Å². The largest absolute Gasteiger partial charge is 0.449 e. The number of rotatable bonds is 5. The molecular weight excluding hydrogens is 392 g/mol. The maximum absolute atomic E-state index is 12.9. The molecule has 3 rings (SSSR count). The van der Waals surface area contributed by atoms with Gasteiger partial charge < -0.3 is 9.64 Å². The lowest BCUT2D eigenvalue weighted by Gasteiger charge is -2.34. The number of sulfonamides is 1. The zero-order valence-electron chi connectivity index (χ0n) is 17.3. The van der Waals surface area contributed by atoms with Gasteiger partial charge in [0.25, 0.3) is 5.91 Å². The van der Waals surface area contributed by atoms with Crippen molar-refractivity contribution < 1.29 is 22.7 Å². The Kier molecular flexibility index (Phi) is 6.63. The van der Waals surface area contributed by atoms with Crippen molar-refractivity contribution in [3.8, 4) is 0 Å². The van der Waals surface area contributed by atoms with Gasteiger partial charge in [-0.15, -0.1) is 0 Å². The fourth-order valence-electron chi connectivity index (χ4n) is 4.19. The highest BCUT2D eigenvalue weighted by Gasteiger charge is 2.32. The van der Waals surface area contributed by atoms with Crippen LogP contribution >= 0.6 is 0 Å². The van der Waals surface area contributed by atoms with Crippen molar-refractivity contribution in [1.82, 2.24) is 9.21 Å². The zero-order valence-corrected chi connectivity index (χ0v) is 18.2. The van der Waals surface area contributed by atoms with E-state index in [1.165, 1.54) is 28.6 Å². The molecule has 0 bridgehead atoms. The Balaban J connectivity index is 1.66. The van der Waals surface area contributed by atoms with E-state index in [9.17, 15) is 18.0 Å². The number of carbonyl (C=O) groups excluding carboxylic acids is 2. The molecule has 0 spiro atoms. The number of amides is 1. The number of piperidine rings is 1. The normalized spacial score (nSPS) is 24.3. The number of nitrogens with zero attached hydrogens (tertiary/aromatic N) is 2. The molecule has 1 aromatic carbocycles. The molecule has 29 heavy (non-hydrogen) atoms. The highest BCUT2D eigenvalue weighted by Crippen LogP contribution is 2.27. The molecule has 2 aliphatic rings. The van der Waals surface area contributed by atoms with Crippen molar-refractivity contribution in [3.63, 3.8) is 0 Å².